The van der Waals surface area contributed by atoms with Crippen LogP contribution in [-0.2, 0) is 0 Å². The van der Waals surface area contributed by atoms with Gasteiger partial charge < -0.3 is 10.0 Å². The van der Waals surface area contributed by atoms with E-state index in [1.54, 1.807) is 12.1 Å². The van der Waals surface area contributed by atoms with Crippen LogP contribution in [0.25, 0.3) is 0 Å². The molecule has 0 aliphatic heterocycles. The highest BCUT2D eigenvalue weighted by Gasteiger charge is 2.34. The Labute approximate surface area is 138 Å². The Hall–Kier alpha value is -1.57. The molecule has 1 aromatic carbocycles. The van der Waals surface area contributed by atoms with Crippen LogP contribution in [0.1, 0.15) is 32.6 Å². The molecule has 0 amide bonds. The van der Waals surface area contributed by atoms with Gasteiger partial charge in [-0.2, -0.15) is 0 Å². The lowest BCUT2D eigenvalue weighted by atomic mass is 9.87. The van der Waals surface area contributed by atoms with E-state index in [9.17, 15) is 18.9 Å². The van der Waals surface area contributed by atoms with E-state index in [1.807, 2.05) is 6.92 Å². The molecule has 1 aliphatic carbocycles. The fraction of sp³-hybridized carbons (Fsp3) is 0.600. The summed E-state index contributed by atoms with van der Waals surface area (Å²) in [4.78, 5) is 10.8. The Morgan fingerprint density at radius 1 is 1.39 bits per heavy atom. The summed E-state index contributed by atoms with van der Waals surface area (Å²) in [5, 5.41) is 14.3. The third-order valence-electron chi connectivity index (χ3n) is 3.95. The third-order valence-corrected chi connectivity index (χ3v) is 4.62. The van der Waals surface area contributed by atoms with Gasteiger partial charge in [0.2, 0.25) is 5.92 Å². The molecule has 5 nitrogen and oxygen atoms in total. The number of nitro groups is 1. The van der Waals surface area contributed by atoms with Crippen molar-refractivity contribution in [3.8, 4) is 0 Å². The number of hydrogen-bond donors (Lipinski definition) is 2. The molecule has 0 bridgehead atoms. The number of anilines is 2. The average molecular weight is 345 g/mol. The summed E-state index contributed by atoms with van der Waals surface area (Å²) in [5.74, 6) is -1.57. The van der Waals surface area contributed by atoms with Crippen LogP contribution in [0.2, 0.25) is 0 Å². The van der Waals surface area contributed by atoms with Crippen LogP contribution in [-0.4, -0.2) is 23.1 Å². The monoisotopic (exact) mass is 345 g/mol. The standard InChI is InChI=1S/C15H21F2N3O2S/c1-2-23-19-12-3-4-13(14(9-12)20(21)22)18-10-11-5-7-15(16,17)8-6-11/h3-4,9,11,18-19H,2,5-8,10H2,1H3. The Morgan fingerprint density at radius 3 is 2.70 bits per heavy atom. The van der Waals surface area contributed by atoms with Gasteiger partial charge in [0.1, 0.15) is 5.69 Å². The second-order valence-electron chi connectivity index (χ2n) is 5.70. The van der Waals surface area contributed by atoms with Crippen LogP contribution in [0.4, 0.5) is 25.8 Å². The number of halogens is 2. The minimum Gasteiger partial charge on any atom is -0.379 e. The van der Waals surface area contributed by atoms with Crippen LogP contribution >= 0.6 is 11.9 Å². The molecule has 1 aliphatic rings. The van der Waals surface area contributed by atoms with Crippen molar-refractivity contribution in [1.29, 1.82) is 0 Å². The van der Waals surface area contributed by atoms with E-state index in [0.29, 0.717) is 30.8 Å². The van der Waals surface area contributed by atoms with Crippen molar-refractivity contribution in [2.75, 3.05) is 22.3 Å². The van der Waals surface area contributed by atoms with Gasteiger partial charge in [-0.05, 0) is 30.9 Å². The van der Waals surface area contributed by atoms with Crippen LogP contribution in [0, 0.1) is 16.0 Å². The summed E-state index contributed by atoms with van der Waals surface area (Å²) in [6.45, 7) is 2.46. The van der Waals surface area contributed by atoms with Gasteiger partial charge in [-0.15, -0.1) is 0 Å². The van der Waals surface area contributed by atoms with Gasteiger partial charge in [-0.1, -0.05) is 18.9 Å². The number of hydrogen-bond acceptors (Lipinski definition) is 5. The molecule has 0 unspecified atom stereocenters. The van der Waals surface area contributed by atoms with Crippen LogP contribution in [0.5, 0.6) is 0 Å². The minimum absolute atomic E-state index is 0.00663. The van der Waals surface area contributed by atoms with E-state index in [2.05, 4.69) is 10.0 Å². The molecular weight excluding hydrogens is 324 g/mol. The zero-order chi connectivity index (χ0) is 16.9. The molecule has 0 heterocycles. The summed E-state index contributed by atoms with van der Waals surface area (Å²) in [7, 11) is 0. The Morgan fingerprint density at radius 2 is 2.09 bits per heavy atom. The highest BCUT2D eigenvalue weighted by atomic mass is 32.2. The van der Waals surface area contributed by atoms with Crippen LogP contribution in [0.15, 0.2) is 18.2 Å². The number of nitrogens with one attached hydrogen (secondary N) is 2. The highest BCUT2D eigenvalue weighted by molar-refractivity contribution is 8.00. The average Bonchev–Trinajstić information content (AvgIpc) is 2.52. The van der Waals surface area contributed by atoms with E-state index in [-0.39, 0.29) is 24.4 Å². The van der Waals surface area contributed by atoms with Crippen molar-refractivity contribution >= 4 is 29.0 Å². The fourth-order valence-electron chi connectivity index (χ4n) is 2.61. The third kappa shape index (κ3) is 5.23. The molecule has 0 saturated heterocycles. The first-order chi connectivity index (χ1) is 10.9. The van der Waals surface area contributed by atoms with Gasteiger partial charge in [0.05, 0.1) is 10.6 Å². The lowest BCUT2D eigenvalue weighted by Crippen LogP contribution is -2.28. The lowest BCUT2D eigenvalue weighted by Gasteiger charge is -2.28. The summed E-state index contributed by atoms with van der Waals surface area (Å²) >= 11 is 1.46. The van der Waals surface area contributed by atoms with Crippen molar-refractivity contribution < 1.29 is 13.7 Å². The molecule has 2 rings (SSSR count). The van der Waals surface area contributed by atoms with Gasteiger partial charge in [-0.3, -0.25) is 10.1 Å². The summed E-state index contributed by atoms with van der Waals surface area (Å²) in [6, 6.07) is 4.92. The molecule has 1 aromatic rings. The SMILES string of the molecule is CCSNc1ccc(NCC2CCC(F)(F)CC2)c([N+](=O)[O-])c1. The van der Waals surface area contributed by atoms with Crippen molar-refractivity contribution in [1.82, 2.24) is 0 Å². The van der Waals surface area contributed by atoms with E-state index in [4.69, 9.17) is 0 Å². The van der Waals surface area contributed by atoms with Gasteiger partial charge in [0, 0.05) is 31.2 Å². The maximum absolute atomic E-state index is 13.1. The molecule has 2 N–H and O–H groups in total. The zero-order valence-electron chi connectivity index (χ0n) is 13.0. The second kappa shape index (κ2) is 7.81. The predicted octanol–water partition coefficient (Wildman–Crippen LogP) is 4.91. The molecular formula is C15H21F2N3O2S. The molecule has 23 heavy (non-hydrogen) atoms. The summed E-state index contributed by atoms with van der Waals surface area (Å²) in [6.07, 6.45) is 0.693. The Bertz CT molecular complexity index is 548. The van der Waals surface area contributed by atoms with Gasteiger partial charge in [0.25, 0.3) is 5.69 Å². The van der Waals surface area contributed by atoms with E-state index >= 15 is 0 Å². The van der Waals surface area contributed by atoms with Gasteiger partial charge >= 0.3 is 0 Å². The first-order valence-corrected chi connectivity index (χ1v) is 8.68. The maximum Gasteiger partial charge on any atom is 0.294 e. The Kier molecular flexibility index (Phi) is 6.04. The number of nitro benzene ring substituents is 1. The smallest absolute Gasteiger partial charge is 0.294 e. The molecule has 1 saturated carbocycles. The van der Waals surface area contributed by atoms with Crippen molar-refractivity contribution in [3.63, 3.8) is 0 Å². The number of nitrogens with zero attached hydrogens (tertiary/aromatic N) is 1. The summed E-state index contributed by atoms with van der Waals surface area (Å²) in [5.41, 5.74) is 1.10. The predicted molar refractivity (Wildman–Crippen MR) is 90.2 cm³/mol. The minimum atomic E-state index is -2.55. The molecule has 0 aromatic heterocycles. The van der Waals surface area contributed by atoms with Gasteiger partial charge in [-0.25, -0.2) is 8.78 Å². The highest BCUT2D eigenvalue weighted by Crippen LogP contribution is 2.36. The largest absolute Gasteiger partial charge is 0.379 e. The first-order valence-electron chi connectivity index (χ1n) is 7.69. The van der Waals surface area contributed by atoms with Crippen molar-refractivity contribution in [3.05, 3.63) is 28.3 Å². The van der Waals surface area contributed by atoms with Gasteiger partial charge in [0.15, 0.2) is 0 Å². The topological polar surface area (TPSA) is 67.2 Å². The molecule has 128 valence electrons. The maximum atomic E-state index is 13.1. The second-order valence-corrected chi connectivity index (χ2v) is 6.77. The molecule has 1 fully saturated rings. The fourth-order valence-corrected chi connectivity index (χ4v) is 3.05. The molecule has 0 radical (unpaired) electrons. The van der Waals surface area contributed by atoms with Crippen LogP contribution in [0.3, 0.4) is 0 Å². The van der Waals surface area contributed by atoms with E-state index < -0.39 is 10.8 Å². The first kappa shape index (κ1) is 17.8. The van der Waals surface area contributed by atoms with E-state index in [1.165, 1.54) is 18.0 Å². The van der Waals surface area contributed by atoms with Crippen LogP contribution < -0.4 is 10.0 Å². The van der Waals surface area contributed by atoms with E-state index in [0.717, 1.165) is 5.75 Å². The molecule has 0 spiro atoms. The quantitative estimate of drug-likeness (QED) is 0.417. The van der Waals surface area contributed by atoms with Crippen molar-refractivity contribution in [2.24, 2.45) is 5.92 Å². The molecule has 8 heteroatoms. The molecule has 0 atom stereocenters. The normalized spacial score (nSPS) is 17.7. The zero-order valence-corrected chi connectivity index (χ0v) is 13.8. The number of rotatable bonds is 7. The number of benzene rings is 1. The summed E-state index contributed by atoms with van der Waals surface area (Å²) < 4.78 is 29.3. The number of alkyl halides is 2. The van der Waals surface area contributed by atoms with Crippen molar-refractivity contribution in [2.45, 2.75) is 38.5 Å². The lowest BCUT2D eigenvalue weighted by molar-refractivity contribution is -0.383. The Balaban J connectivity index is 1.97.